The zero-order valence-corrected chi connectivity index (χ0v) is 11.9. The van der Waals surface area contributed by atoms with Gasteiger partial charge in [-0.1, -0.05) is 0 Å². The second-order valence-corrected chi connectivity index (χ2v) is 6.34. The predicted molar refractivity (Wildman–Crippen MR) is 77.4 cm³/mol. The molecule has 2 heterocycles. The first kappa shape index (κ1) is 12.7. The Bertz CT molecular complexity index is 612. The highest BCUT2D eigenvalue weighted by Crippen LogP contribution is 2.53. The summed E-state index contributed by atoms with van der Waals surface area (Å²) in [5.41, 5.74) is 1.77. The van der Waals surface area contributed by atoms with Gasteiger partial charge in [-0.3, -0.25) is 9.59 Å². The van der Waals surface area contributed by atoms with Crippen LogP contribution in [0.2, 0.25) is 0 Å². The molecular weight excluding hydrogens is 268 g/mol. The first-order valence-electron chi connectivity index (χ1n) is 7.51. The van der Waals surface area contributed by atoms with Gasteiger partial charge >= 0.3 is 0 Å². The van der Waals surface area contributed by atoms with Gasteiger partial charge in [-0.2, -0.15) is 0 Å². The lowest BCUT2D eigenvalue weighted by molar-refractivity contribution is -0.118. The molecule has 3 aliphatic rings. The van der Waals surface area contributed by atoms with Crippen LogP contribution in [-0.2, 0) is 4.79 Å². The molecule has 1 aromatic carbocycles. The van der Waals surface area contributed by atoms with Gasteiger partial charge in [-0.15, -0.1) is 0 Å². The molecule has 0 atom stereocenters. The lowest BCUT2D eigenvalue weighted by Crippen LogP contribution is -2.39. The van der Waals surface area contributed by atoms with Gasteiger partial charge in [0.1, 0.15) is 5.75 Å². The fourth-order valence-electron chi connectivity index (χ4n) is 3.26. The normalized spacial score (nSPS) is 22.3. The molecule has 0 unspecified atom stereocenters. The number of piperidine rings is 1. The molecule has 1 aromatic rings. The Labute approximate surface area is 123 Å². The first-order valence-corrected chi connectivity index (χ1v) is 7.51. The van der Waals surface area contributed by atoms with Gasteiger partial charge in [-0.05, 0) is 49.3 Å². The van der Waals surface area contributed by atoms with Gasteiger partial charge in [0.25, 0.3) is 11.8 Å². The molecule has 0 bridgehead atoms. The van der Waals surface area contributed by atoms with Gasteiger partial charge in [0, 0.05) is 18.7 Å². The number of ether oxygens (including phenoxy) is 1. The van der Waals surface area contributed by atoms with Crippen molar-refractivity contribution in [2.75, 3.05) is 25.0 Å². The highest BCUT2D eigenvalue weighted by Gasteiger charge is 2.45. The fourth-order valence-corrected chi connectivity index (χ4v) is 3.26. The quantitative estimate of drug-likeness (QED) is 0.859. The average molecular weight is 286 g/mol. The van der Waals surface area contributed by atoms with Crippen molar-refractivity contribution in [3.05, 3.63) is 23.8 Å². The van der Waals surface area contributed by atoms with Crippen LogP contribution in [0.5, 0.6) is 5.75 Å². The number of hydrogen-bond donors (Lipinski definition) is 1. The number of rotatable bonds is 1. The molecule has 2 fully saturated rings. The molecule has 4 rings (SSSR count). The van der Waals surface area contributed by atoms with Crippen LogP contribution in [0.3, 0.4) is 0 Å². The van der Waals surface area contributed by atoms with Crippen molar-refractivity contribution in [2.45, 2.75) is 25.7 Å². The SMILES string of the molecule is O=C1COc2ccc(C(=O)N3CCC4(CC3)CC4)cc2N1. The molecular formula is C16H18N2O3. The van der Waals surface area contributed by atoms with Crippen LogP contribution in [0.15, 0.2) is 18.2 Å². The summed E-state index contributed by atoms with van der Waals surface area (Å²) in [7, 11) is 0. The van der Waals surface area contributed by atoms with Crippen molar-refractivity contribution in [1.29, 1.82) is 0 Å². The third kappa shape index (κ3) is 2.26. The van der Waals surface area contributed by atoms with Crippen LogP contribution < -0.4 is 10.1 Å². The predicted octanol–water partition coefficient (Wildman–Crippen LogP) is 2.03. The van der Waals surface area contributed by atoms with E-state index in [-0.39, 0.29) is 18.4 Å². The summed E-state index contributed by atoms with van der Waals surface area (Å²) in [5.74, 6) is 0.496. The monoisotopic (exact) mass is 286 g/mol. The number of amides is 2. The van der Waals surface area contributed by atoms with E-state index in [0.29, 0.717) is 22.4 Å². The van der Waals surface area contributed by atoms with Gasteiger partial charge in [-0.25, -0.2) is 0 Å². The summed E-state index contributed by atoms with van der Waals surface area (Å²) >= 11 is 0. The number of carbonyl (C=O) groups is 2. The molecule has 2 aliphatic heterocycles. The third-order valence-corrected chi connectivity index (χ3v) is 4.93. The minimum absolute atomic E-state index is 0.0362. The standard InChI is InChI=1S/C16H18N2O3/c19-14-10-21-13-2-1-11(9-12(13)17-14)15(20)18-7-5-16(3-4-16)6-8-18/h1-2,9H,3-8,10H2,(H,17,19). The molecule has 2 amide bonds. The second-order valence-electron chi connectivity index (χ2n) is 6.34. The molecule has 5 heteroatoms. The largest absolute Gasteiger partial charge is 0.482 e. The van der Waals surface area contributed by atoms with E-state index in [0.717, 1.165) is 25.9 Å². The van der Waals surface area contributed by atoms with Crippen molar-refractivity contribution in [1.82, 2.24) is 4.90 Å². The van der Waals surface area contributed by atoms with E-state index in [4.69, 9.17) is 4.74 Å². The van der Waals surface area contributed by atoms with E-state index < -0.39 is 0 Å². The van der Waals surface area contributed by atoms with Crippen molar-refractivity contribution in [3.63, 3.8) is 0 Å². The number of fused-ring (bicyclic) bond motifs is 1. The summed E-state index contributed by atoms with van der Waals surface area (Å²) in [6.07, 6.45) is 4.92. The summed E-state index contributed by atoms with van der Waals surface area (Å²) in [6.45, 7) is 1.73. The number of likely N-dealkylation sites (tertiary alicyclic amines) is 1. The minimum Gasteiger partial charge on any atom is -0.482 e. The summed E-state index contributed by atoms with van der Waals surface area (Å²) in [5, 5.41) is 2.75. The number of carbonyl (C=O) groups excluding carboxylic acids is 2. The summed E-state index contributed by atoms with van der Waals surface area (Å²) in [4.78, 5) is 25.9. The zero-order valence-electron chi connectivity index (χ0n) is 11.9. The molecule has 1 saturated carbocycles. The van der Waals surface area contributed by atoms with Crippen molar-refractivity contribution >= 4 is 17.5 Å². The maximum absolute atomic E-state index is 12.6. The number of hydrogen-bond acceptors (Lipinski definition) is 3. The number of nitrogens with zero attached hydrogens (tertiary/aromatic N) is 1. The minimum atomic E-state index is -0.180. The van der Waals surface area contributed by atoms with E-state index >= 15 is 0 Å². The van der Waals surface area contributed by atoms with Gasteiger partial charge in [0.15, 0.2) is 6.61 Å². The first-order chi connectivity index (χ1) is 10.2. The average Bonchev–Trinajstić information content (AvgIpc) is 3.26. The number of anilines is 1. The van der Waals surface area contributed by atoms with Crippen LogP contribution in [-0.4, -0.2) is 36.4 Å². The number of benzene rings is 1. The Morgan fingerprint density at radius 2 is 1.95 bits per heavy atom. The summed E-state index contributed by atoms with van der Waals surface area (Å²) < 4.78 is 5.31. The molecule has 1 saturated heterocycles. The zero-order chi connectivity index (χ0) is 14.4. The Morgan fingerprint density at radius 1 is 1.19 bits per heavy atom. The topological polar surface area (TPSA) is 58.6 Å². The van der Waals surface area contributed by atoms with E-state index in [1.54, 1.807) is 18.2 Å². The van der Waals surface area contributed by atoms with Crippen molar-refractivity contribution in [2.24, 2.45) is 5.41 Å². The van der Waals surface area contributed by atoms with Gasteiger partial charge in [0.05, 0.1) is 5.69 Å². The number of nitrogens with one attached hydrogen (secondary N) is 1. The maximum Gasteiger partial charge on any atom is 0.262 e. The lowest BCUT2D eigenvalue weighted by Gasteiger charge is -2.32. The van der Waals surface area contributed by atoms with Crippen LogP contribution in [0.1, 0.15) is 36.0 Å². The smallest absolute Gasteiger partial charge is 0.262 e. The van der Waals surface area contributed by atoms with E-state index in [9.17, 15) is 9.59 Å². The van der Waals surface area contributed by atoms with E-state index in [1.807, 2.05) is 4.90 Å². The van der Waals surface area contributed by atoms with Crippen LogP contribution in [0, 0.1) is 5.41 Å². The molecule has 0 aromatic heterocycles. The molecule has 1 N–H and O–H groups in total. The van der Waals surface area contributed by atoms with Crippen LogP contribution >= 0.6 is 0 Å². The van der Waals surface area contributed by atoms with Gasteiger partial charge in [0.2, 0.25) is 0 Å². The molecule has 110 valence electrons. The van der Waals surface area contributed by atoms with Crippen molar-refractivity contribution < 1.29 is 14.3 Å². The Balaban J connectivity index is 1.51. The lowest BCUT2D eigenvalue weighted by atomic mass is 9.93. The molecule has 1 spiro atoms. The maximum atomic E-state index is 12.6. The Morgan fingerprint density at radius 3 is 2.67 bits per heavy atom. The molecule has 1 aliphatic carbocycles. The molecule has 0 radical (unpaired) electrons. The highest BCUT2D eigenvalue weighted by atomic mass is 16.5. The van der Waals surface area contributed by atoms with Gasteiger partial charge < -0.3 is 15.0 Å². The second kappa shape index (κ2) is 4.48. The van der Waals surface area contributed by atoms with Crippen LogP contribution in [0.25, 0.3) is 0 Å². The van der Waals surface area contributed by atoms with E-state index in [1.165, 1.54) is 12.8 Å². The molecule has 21 heavy (non-hydrogen) atoms. The Hall–Kier alpha value is -2.04. The Kier molecular flexibility index (Phi) is 2.71. The van der Waals surface area contributed by atoms with E-state index in [2.05, 4.69) is 5.32 Å². The fraction of sp³-hybridized carbons (Fsp3) is 0.500. The molecule has 5 nitrogen and oxygen atoms in total. The summed E-state index contributed by atoms with van der Waals surface area (Å²) in [6, 6.07) is 5.25. The highest BCUT2D eigenvalue weighted by molar-refractivity contribution is 5.99. The van der Waals surface area contributed by atoms with Crippen molar-refractivity contribution in [3.8, 4) is 5.75 Å². The third-order valence-electron chi connectivity index (χ3n) is 4.93. The van der Waals surface area contributed by atoms with Crippen LogP contribution in [0.4, 0.5) is 5.69 Å².